The minimum absolute atomic E-state index is 0.227. The highest BCUT2D eigenvalue weighted by Gasteiger charge is 2.70. The number of carbonyl (C=O) groups excluding carboxylic acids is 4. The molecule has 1 saturated carbocycles. The fourth-order valence-electron chi connectivity index (χ4n) is 8.49. The van der Waals surface area contributed by atoms with Crippen LogP contribution < -0.4 is 5.32 Å². The number of cyclic esters (lactones) is 1. The molecule has 49 heavy (non-hydrogen) atoms. The zero-order valence-electron chi connectivity index (χ0n) is 29.8. The second-order valence-corrected chi connectivity index (χ2v) is 14.2. The van der Waals surface area contributed by atoms with Crippen LogP contribution in [0.4, 0.5) is 4.79 Å². The number of carbonyl (C=O) groups is 4. The van der Waals surface area contributed by atoms with E-state index in [1.54, 1.807) is 13.0 Å². The molecule has 5 rings (SSSR count). The van der Waals surface area contributed by atoms with Crippen LogP contribution in [0, 0.1) is 29.6 Å². The first-order chi connectivity index (χ1) is 23.5. The Balaban J connectivity index is 1.56. The number of ether oxygens (including phenoxy) is 6. The summed E-state index contributed by atoms with van der Waals surface area (Å²) in [5, 5.41) is 2.84. The third-order valence-electron chi connectivity index (χ3n) is 10.9. The molecule has 2 aliphatic heterocycles. The maximum absolute atomic E-state index is 13.7. The van der Waals surface area contributed by atoms with Crippen molar-refractivity contribution in [3.63, 3.8) is 0 Å². The molecule has 2 fully saturated rings. The van der Waals surface area contributed by atoms with Crippen molar-refractivity contribution in [3.05, 3.63) is 47.6 Å². The van der Waals surface area contributed by atoms with Gasteiger partial charge in [-0.2, -0.15) is 0 Å². The Bertz CT molecular complexity index is 1380. The highest BCUT2D eigenvalue weighted by molar-refractivity contribution is 5.90. The highest BCUT2D eigenvalue weighted by Crippen LogP contribution is 2.62. The van der Waals surface area contributed by atoms with E-state index in [4.69, 9.17) is 28.4 Å². The molecule has 0 radical (unpaired) electrons. The van der Waals surface area contributed by atoms with Gasteiger partial charge in [0.25, 0.3) is 0 Å². The van der Waals surface area contributed by atoms with Crippen molar-refractivity contribution in [2.45, 2.75) is 122 Å². The molecule has 1 amide bonds. The summed E-state index contributed by atoms with van der Waals surface area (Å²) in [4.78, 5) is 52.9. The van der Waals surface area contributed by atoms with Crippen molar-refractivity contribution in [2.75, 3.05) is 13.7 Å². The molecule has 0 aromatic carbocycles. The van der Waals surface area contributed by atoms with E-state index in [0.717, 1.165) is 18.4 Å². The van der Waals surface area contributed by atoms with E-state index in [1.807, 2.05) is 52.8 Å². The first-order valence-electron chi connectivity index (χ1n) is 18.0. The van der Waals surface area contributed by atoms with Crippen LogP contribution in [-0.2, 0) is 42.8 Å². The van der Waals surface area contributed by atoms with E-state index in [0.29, 0.717) is 25.0 Å². The minimum atomic E-state index is -1.03. The molecule has 4 bridgehead atoms. The zero-order valence-corrected chi connectivity index (χ0v) is 29.8. The number of unbranched alkanes of at least 4 members (excludes halogenated alkanes) is 1. The summed E-state index contributed by atoms with van der Waals surface area (Å²) in [6, 6.07) is 0. The summed E-state index contributed by atoms with van der Waals surface area (Å²) in [5.74, 6) is -3.07. The van der Waals surface area contributed by atoms with Gasteiger partial charge in [0.1, 0.15) is 36.1 Å². The summed E-state index contributed by atoms with van der Waals surface area (Å²) in [6.07, 6.45) is 10.0. The monoisotopic (exact) mass is 683 g/mol. The summed E-state index contributed by atoms with van der Waals surface area (Å²) < 4.78 is 37.3. The van der Waals surface area contributed by atoms with Crippen molar-refractivity contribution >= 4 is 24.0 Å². The molecule has 270 valence electrons. The van der Waals surface area contributed by atoms with Crippen LogP contribution in [0.25, 0.3) is 0 Å². The fraction of sp³-hybridized carbons (Fsp3) is 0.684. The lowest BCUT2D eigenvalue weighted by Crippen LogP contribution is -2.58. The summed E-state index contributed by atoms with van der Waals surface area (Å²) in [6.45, 7) is 12.0. The third kappa shape index (κ3) is 7.24. The van der Waals surface area contributed by atoms with Gasteiger partial charge in [0.15, 0.2) is 6.10 Å². The average Bonchev–Trinajstić information content (AvgIpc) is 3.67. The molecule has 1 N–H and O–H groups in total. The molecule has 11 heteroatoms. The predicted octanol–water partition coefficient (Wildman–Crippen LogP) is 5.53. The maximum atomic E-state index is 13.7. The van der Waals surface area contributed by atoms with Crippen LogP contribution in [-0.4, -0.2) is 79.9 Å². The molecule has 2 heterocycles. The molecule has 11 nitrogen and oxygen atoms in total. The lowest BCUT2D eigenvalue weighted by molar-refractivity contribution is -0.179. The molecule has 0 aromatic rings. The highest BCUT2D eigenvalue weighted by atomic mass is 16.6. The van der Waals surface area contributed by atoms with Gasteiger partial charge >= 0.3 is 24.0 Å². The van der Waals surface area contributed by atoms with Gasteiger partial charge in [0, 0.05) is 55.2 Å². The second-order valence-electron chi connectivity index (χ2n) is 14.2. The van der Waals surface area contributed by atoms with Crippen LogP contribution in [0.5, 0.6) is 0 Å². The predicted molar refractivity (Wildman–Crippen MR) is 180 cm³/mol. The van der Waals surface area contributed by atoms with Crippen LogP contribution >= 0.6 is 0 Å². The molecule has 1 saturated heterocycles. The molecule has 5 aliphatic rings. The van der Waals surface area contributed by atoms with Gasteiger partial charge in [0.2, 0.25) is 0 Å². The minimum Gasteiger partial charge on any atom is -0.459 e. The molecule has 0 aromatic heterocycles. The Kier molecular flexibility index (Phi) is 11.7. The molecular weight excluding hydrogens is 630 g/mol. The Morgan fingerprint density at radius 3 is 2.55 bits per heavy atom. The number of allylic oxidation sites excluding steroid dienone is 3. The van der Waals surface area contributed by atoms with Crippen molar-refractivity contribution in [3.8, 4) is 0 Å². The SMILES string of the molecule is CCCCC(=O)O[C@H](C)[C@H]1OC(=O)[C@@H](OC)C[C@H]2C=C[C@H]3[C@H]4O[C@]2(/C(C)=C/[C@H]1C)[C@@H]3[C@H](OC(=O)NCCC)[C@@H](C)[C@H]4OC(=O)C1=CC=CC1. The van der Waals surface area contributed by atoms with Crippen molar-refractivity contribution in [1.82, 2.24) is 5.32 Å². The van der Waals surface area contributed by atoms with Gasteiger partial charge in [-0.25, -0.2) is 14.4 Å². The number of rotatable bonds is 11. The number of alkyl carbamates (subject to hydrolysis) is 1. The van der Waals surface area contributed by atoms with Crippen molar-refractivity contribution in [2.24, 2.45) is 29.6 Å². The van der Waals surface area contributed by atoms with Gasteiger partial charge in [-0.1, -0.05) is 70.6 Å². The first kappa shape index (κ1) is 36.8. The van der Waals surface area contributed by atoms with Gasteiger partial charge in [0.05, 0.1) is 0 Å². The summed E-state index contributed by atoms with van der Waals surface area (Å²) in [7, 11) is 1.47. The summed E-state index contributed by atoms with van der Waals surface area (Å²) in [5.41, 5.74) is 0.400. The molecule has 3 aliphatic carbocycles. The van der Waals surface area contributed by atoms with E-state index in [2.05, 4.69) is 17.5 Å². The largest absolute Gasteiger partial charge is 0.459 e. The normalized spacial score (nSPS) is 37.9. The lowest BCUT2D eigenvalue weighted by Gasteiger charge is -2.49. The third-order valence-corrected chi connectivity index (χ3v) is 10.9. The summed E-state index contributed by atoms with van der Waals surface area (Å²) >= 11 is 0. The number of methoxy groups -OCH3 is 1. The number of esters is 3. The Hall–Kier alpha value is -3.44. The first-order valence-corrected chi connectivity index (χ1v) is 18.0. The number of hydrogen-bond donors (Lipinski definition) is 1. The van der Waals surface area contributed by atoms with Gasteiger partial charge < -0.3 is 33.7 Å². The van der Waals surface area contributed by atoms with E-state index >= 15 is 0 Å². The zero-order chi connectivity index (χ0) is 35.5. The van der Waals surface area contributed by atoms with Crippen molar-refractivity contribution < 1.29 is 47.6 Å². The van der Waals surface area contributed by atoms with E-state index in [9.17, 15) is 19.2 Å². The molecular formula is C38H53NO10. The van der Waals surface area contributed by atoms with Crippen LogP contribution in [0.1, 0.15) is 80.1 Å². The topological polar surface area (TPSA) is 136 Å². The molecule has 1 spiro atoms. The molecule has 12 atom stereocenters. The standard InChI is InChI=1S/C38H53NO10/c1-8-10-15-29(40)45-24(6)31-21(3)19-22(4)38-26(20-28(44-7)36(42)46-31)16-17-27-30(38)32(48-37(43)39-18-9-2)23(5)33(34(27)49-38)47-35(41)25-13-11-12-14-25/h11-13,16-17,19,21,23-24,26-28,30-34H,8-10,14-15,18,20H2,1-7H3,(H,39,43)/b22-19+/t21-,23-,24-,26-,27-,28+,30+,31+,32-,33-,34-,38+/m1/s1. The Morgan fingerprint density at radius 2 is 1.88 bits per heavy atom. The number of hydrogen-bond acceptors (Lipinski definition) is 10. The average molecular weight is 684 g/mol. The van der Waals surface area contributed by atoms with E-state index in [1.165, 1.54) is 7.11 Å². The number of amides is 1. The smallest absolute Gasteiger partial charge is 0.407 e. The fourth-order valence-corrected chi connectivity index (χ4v) is 8.49. The number of nitrogens with one attached hydrogen (secondary N) is 1. The van der Waals surface area contributed by atoms with Gasteiger partial charge in [-0.05, 0) is 45.1 Å². The maximum Gasteiger partial charge on any atom is 0.407 e. The lowest BCUT2D eigenvalue weighted by atomic mass is 9.57. The quantitative estimate of drug-likeness (QED) is 0.168. The van der Waals surface area contributed by atoms with Crippen LogP contribution in [0.2, 0.25) is 0 Å². The van der Waals surface area contributed by atoms with E-state index in [-0.39, 0.29) is 36.6 Å². The Labute approximate surface area is 289 Å². The van der Waals surface area contributed by atoms with Gasteiger partial charge in [-0.15, -0.1) is 0 Å². The van der Waals surface area contributed by atoms with Crippen molar-refractivity contribution in [1.29, 1.82) is 0 Å². The van der Waals surface area contributed by atoms with Gasteiger partial charge in [-0.3, -0.25) is 4.79 Å². The van der Waals surface area contributed by atoms with Crippen LogP contribution in [0.15, 0.2) is 47.6 Å². The second kappa shape index (κ2) is 15.6. The van der Waals surface area contributed by atoms with E-state index < -0.39 is 72.1 Å². The Morgan fingerprint density at radius 1 is 1.10 bits per heavy atom. The van der Waals surface area contributed by atoms with Crippen LogP contribution in [0.3, 0.4) is 0 Å². The molecule has 0 unspecified atom stereocenters.